The van der Waals surface area contributed by atoms with Crippen molar-refractivity contribution in [1.29, 1.82) is 0 Å². The van der Waals surface area contributed by atoms with Crippen LogP contribution >= 0.6 is 11.3 Å². The number of fused-ring (bicyclic) bond motifs is 3. The van der Waals surface area contributed by atoms with Gasteiger partial charge in [-0.1, -0.05) is 6.07 Å². The monoisotopic (exact) mass is 539 g/mol. The Bertz CT molecular complexity index is 1390. The quantitative estimate of drug-likeness (QED) is 0.340. The largest absolute Gasteiger partial charge is 0.490 e. The predicted octanol–water partition coefficient (Wildman–Crippen LogP) is 4.87. The fourth-order valence-electron chi connectivity index (χ4n) is 4.45. The van der Waals surface area contributed by atoms with Crippen LogP contribution in [-0.4, -0.2) is 42.6 Å². The first-order valence-electron chi connectivity index (χ1n) is 12.3. The molecule has 11 heteroatoms. The van der Waals surface area contributed by atoms with E-state index in [0.717, 1.165) is 15.4 Å². The number of nitrogens with zero attached hydrogens (tertiary/aromatic N) is 1. The number of carbonyl (C=O) groups is 3. The number of carbonyl (C=O) groups excluding carboxylic acids is 3. The average Bonchev–Trinajstić information content (AvgIpc) is 3.28. The first-order chi connectivity index (χ1) is 18.4. The number of benzene rings is 2. The zero-order valence-electron chi connectivity index (χ0n) is 20.8. The Labute approximate surface area is 222 Å². The molecule has 0 aliphatic carbocycles. The van der Waals surface area contributed by atoms with E-state index in [4.69, 9.17) is 14.2 Å². The number of rotatable bonds is 6. The van der Waals surface area contributed by atoms with Crippen LogP contribution in [0.2, 0.25) is 0 Å². The van der Waals surface area contributed by atoms with E-state index in [1.54, 1.807) is 36.9 Å². The number of esters is 1. The number of ether oxygens (including phenoxy) is 3. The molecule has 0 radical (unpaired) electrons. The molecule has 38 heavy (non-hydrogen) atoms. The summed E-state index contributed by atoms with van der Waals surface area (Å²) in [5.74, 6) is -0.755. The van der Waals surface area contributed by atoms with Crippen molar-refractivity contribution < 1.29 is 33.0 Å². The molecule has 0 spiro atoms. The van der Waals surface area contributed by atoms with Crippen molar-refractivity contribution in [3.63, 3.8) is 0 Å². The SMILES string of the molecule is CCOC(=O)N1CCc2c(sc3c2C(=O)N[C@H](c2ccc(OC(=O)c4ccc(F)cc4)c(OCC)c2)N3)C1. The number of hydrogen-bond acceptors (Lipinski definition) is 8. The van der Waals surface area contributed by atoms with Crippen molar-refractivity contribution in [2.45, 2.75) is 33.0 Å². The van der Waals surface area contributed by atoms with Crippen LogP contribution in [0.1, 0.15) is 56.7 Å². The highest BCUT2D eigenvalue weighted by molar-refractivity contribution is 7.16. The second kappa shape index (κ2) is 10.7. The molecule has 3 heterocycles. The molecule has 9 nitrogen and oxygen atoms in total. The summed E-state index contributed by atoms with van der Waals surface area (Å²) in [6, 6.07) is 10.1. The molecule has 0 bridgehead atoms. The zero-order valence-corrected chi connectivity index (χ0v) is 21.7. The van der Waals surface area contributed by atoms with Gasteiger partial charge in [0, 0.05) is 11.4 Å². The highest BCUT2D eigenvalue weighted by Crippen LogP contribution is 2.41. The van der Waals surface area contributed by atoms with Gasteiger partial charge >= 0.3 is 12.1 Å². The summed E-state index contributed by atoms with van der Waals surface area (Å²) in [5.41, 5.74) is 2.47. The van der Waals surface area contributed by atoms with Gasteiger partial charge in [-0.15, -0.1) is 11.3 Å². The molecule has 0 fully saturated rings. The third-order valence-electron chi connectivity index (χ3n) is 6.24. The van der Waals surface area contributed by atoms with Crippen molar-refractivity contribution in [2.75, 3.05) is 25.1 Å². The van der Waals surface area contributed by atoms with Gasteiger partial charge in [-0.05, 0) is 67.8 Å². The number of hydrogen-bond donors (Lipinski definition) is 2. The molecular formula is C27H26FN3O6S. The van der Waals surface area contributed by atoms with Gasteiger partial charge in [0.15, 0.2) is 11.5 Å². The maximum absolute atomic E-state index is 13.2. The zero-order chi connectivity index (χ0) is 26.8. The van der Waals surface area contributed by atoms with E-state index in [-0.39, 0.29) is 23.3 Å². The van der Waals surface area contributed by atoms with Crippen LogP contribution in [0.15, 0.2) is 42.5 Å². The van der Waals surface area contributed by atoms with E-state index in [1.165, 1.54) is 35.6 Å². The average molecular weight is 540 g/mol. The Morgan fingerprint density at radius 1 is 1.08 bits per heavy atom. The van der Waals surface area contributed by atoms with Crippen LogP contribution in [0.4, 0.5) is 14.2 Å². The molecule has 3 aromatic rings. The topological polar surface area (TPSA) is 106 Å². The van der Waals surface area contributed by atoms with Crippen molar-refractivity contribution in [3.8, 4) is 11.5 Å². The van der Waals surface area contributed by atoms with Crippen molar-refractivity contribution >= 4 is 34.3 Å². The second-order valence-corrected chi connectivity index (χ2v) is 9.77. The van der Waals surface area contributed by atoms with Crippen LogP contribution in [0.25, 0.3) is 0 Å². The van der Waals surface area contributed by atoms with Gasteiger partial charge in [-0.25, -0.2) is 14.0 Å². The van der Waals surface area contributed by atoms with E-state index in [9.17, 15) is 18.8 Å². The molecule has 1 aromatic heterocycles. The lowest BCUT2D eigenvalue weighted by atomic mass is 10.0. The number of amides is 2. The first kappa shape index (κ1) is 25.5. The molecule has 0 unspecified atom stereocenters. The van der Waals surface area contributed by atoms with E-state index < -0.39 is 18.0 Å². The summed E-state index contributed by atoms with van der Waals surface area (Å²) >= 11 is 1.46. The van der Waals surface area contributed by atoms with Gasteiger partial charge in [0.05, 0.1) is 30.9 Å². The summed E-state index contributed by atoms with van der Waals surface area (Å²) in [5, 5.41) is 7.11. The maximum Gasteiger partial charge on any atom is 0.410 e. The Morgan fingerprint density at radius 3 is 2.61 bits per heavy atom. The van der Waals surface area contributed by atoms with E-state index >= 15 is 0 Å². The molecule has 2 aliphatic rings. The van der Waals surface area contributed by atoms with Crippen LogP contribution in [0.3, 0.4) is 0 Å². The lowest BCUT2D eigenvalue weighted by molar-refractivity contribution is 0.0728. The van der Waals surface area contributed by atoms with Crippen molar-refractivity contribution in [1.82, 2.24) is 10.2 Å². The summed E-state index contributed by atoms with van der Waals surface area (Å²) in [6.45, 7) is 5.09. The second-order valence-electron chi connectivity index (χ2n) is 8.66. The van der Waals surface area contributed by atoms with Gasteiger partial charge in [0.25, 0.3) is 5.91 Å². The Balaban J connectivity index is 1.36. The summed E-state index contributed by atoms with van der Waals surface area (Å²) in [7, 11) is 0. The number of anilines is 1. The van der Waals surface area contributed by atoms with E-state index in [2.05, 4.69) is 10.6 Å². The minimum atomic E-state index is -0.645. The Hall–Kier alpha value is -4.12. The molecule has 198 valence electrons. The molecular weight excluding hydrogens is 513 g/mol. The van der Waals surface area contributed by atoms with Crippen molar-refractivity contribution in [3.05, 3.63) is 75.4 Å². The Morgan fingerprint density at radius 2 is 1.87 bits per heavy atom. The molecule has 2 aliphatic heterocycles. The van der Waals surface area contributed by atoms with Crippen LogP contribution in [0, 0.1) is 5.82 Å². The smallest absolute Gasteiger partial charge is 0.410 e. The van der Waals surface area contributed by atoms with Gasteiger partial charge in [-0.2, -0.15) is 0 Å². The lowest BCUT2D eigenvalue weighted by Crippen LogP contribution is -2.39. The fourth-order valence-corrected chi connectivity index (χ4v) is 5.74. The third kappa shape index (κ3) is 5.01. The highest BCUT2D eigenvalue weighted by Gasteiger charge is 2.34. The normalized spacial score (nSPS) is 16.0. The molecule has 0 saturated heterocycles. The highest BCUT2D eigenvalue weighted by atomic mass is 32.1. The molecule has 2 amide bonds. The van der Waals surface area contributed by atoms with Gasteiger partial charge in [-0.3, -0.25) is 4.79 Å². The first-order valence-corrected chi connectivity index (χ1v) is 13.1. The lowest BCUT2D eigenvalue weighted by Gasteiger charge is -2.28. The number of halogens is 1. The van der Waals surface area contributed by atoms with Crippen molar-refractivity contribution in [2.24, 2.45) is 0 Å². The standard InChI is InChI=1S/C27H26FN3O6S/c1-3-35-20-13-16(7-10-19(20)37-26(33)15-5-8-17(28)9-6-15)23-29-24(32)22-18-11-12-31(27(34)36-4-2)14-21(18)38-25(22)30-23/h5-10,13,23,30H,3-4,11-12,14H2,1-2H3,(H,29,32)/t23-/m0/s1. The fraction of sp³-hybridized carbons (Fsp3) is 0.296. The molecule has 0 saturated carbocycles. The van der Waals surface area contributed by atoms with Crippen LogP contribution < -0.4 is 20.1 Å². The van der Waals surface area contributed by atoms with Crippen LogP contribution in [-0.2, 0) is 17.7 Å². The van der Waals surface area contributed by atoms with Gasteiger partial charge < -0.3 is 29.7 Å². The minimum absolute atomic E-state index is 0.199. The minimum Gasteiger partial charge on any atom is -0.490 e. The molecule has 1 atom stereocenters. The molecule has 5 rings (SSSR count). The maximum atomic E-state index is 13.2. The number of thiophene rings is 1. The van der Waals surface area contributed by atoms with E-state index in [0.29, 0.717) is 49.6 Å². The predicted molar refractivity (Wildman–Crippen MR) is 138 cm³/mol. The van der Waals surface area contributed by atoms with Crippen LogP contribution in [0.5, 0.6) is 11.5 Å². The third-order valence-corrected chi connectivity index (χ3v) is 7.39. The van der Waals surface area contributed by atoms with Gasteiger partial charge in [0.2, 0.25) is 0 Å². The Kier molecular flexibility index (Phi) is 7.19. The van der Waals surface area contributed by atoms with Gasteiger partial charge in [0.1, 0.15) is 17.0 Å². The molecule has 2 N–H and O–H groups in total. The molecule has 2 aromatic carbocycles. The number of nitrogens with one attached hydrogen (secondary N) is 2. The summed E-state index contributed by atoms with van der Waals surface area (Å²) in [4.78, 5) is 40.5. The summed E-state index contributed by atoms with van der Waals surface area (Å²) < 4.78 is 29.6. The summed E-state index contributed by atoms with van der Waals surface area (Å²) in [6.07, 6.45) is -0.330. The van der Waals surface area contributed by atoms with E-state index in [1.807, 2.05) is 0 Å².